The lowest BCUT2D eigenvalue weighted by atomic mass is 9.81. The summed E-state index contributed by atoms with van der Waals surface area (Å²) in [5.41, 5.74) is 13.1. The molecule has 0 aliphatic heterocycles. The molecule has 0 radical (unpaired) electrons. The van der Waals surface area contributed by atoms with Crippen LogP contribution in [0.4, 0.5) is 0 Å². The zero-order valence-electron chi connectivity index (χ0n) is 27.3. The van der Waals surface area contributed by atoms with Gasteiger partial charge in [-0.05, 0) is 57.6 Å². The van der Waals surface area contributed by atoms with Gasteiger partial charge in [0.1, 0.15) is 0 Å². The molecule has 0 atom stereocenters. The fourth-order valence-corrected chi connectivity index (χ4v) is 7.18. The number of rotatable bonds is 5. The highest BCUT2D eigenvalue weighted by Crippen LogP contribution is 2.50. The Hall–Kier alpha value is -6.26. The Morgan fingerprint density at radius 2 is 0.898 bits per heavy atom. The summed E-state index contributed by atoms with van der Waals surface area (Å²) in [6, 6.07) is 54.9. The van der Waals surface area contributed by atoms with Gasteiger partial charge in [-0.2, -0.15) is 0 Å². The molecule has 1 aliphatic carbocycles. The van der Waals surface area contributed by atoms with Gasteiger partial charge in [-0.25, -0.2) is 19.9 Å². The van der Waals surface area contributed by atoms with Crippen LogP contribution in [0.5, 0.6) is 0 Å². The highest BCUT2D eigenvalue weighted by molar-refractivity contribution is 6.01. The van der Waals surface area contributed by atoms with Gasteiger partial charge in [-0.3, -0.25) is 0 Å². The molecule has 0 saturated carbocycles. The lowest BCUT2D eigenvalue weighted by Gasteiger charge is -2.22. The number of nitrogens with zero attached hydrogens (tertiary/aromatic N) is 4. The largest absolute Gasteiger partial charge is 0.248 e. The van der Waals surface area contributed by atoms with Crippen LogP contribution in [0, 0.1) is 0 Å². The fraction of sp³-hybridized carbons (Fsp3) is 0.0667. The Morgan fingerprint density at radius 1 is 0.367 bits per heavy atom. The van der Waals surface area contributed by atoms with Crippen molar-refractivity contribution in [3.8, 4) is 67.7 Å². The Balaban J connectivity index is 1.26. The van der Waals surface area contributed by atoms with Crippen LogP contribution >= 0.6 is 0 Å². The zero-order valence-corrected chi connectivity index (χ0v) is 27.3. The molecular formula is C45H32N4. The van der Waals surface area contributed by atoms with Gasteiger partial charge in [-0.15, -0.1) is 0 Å². The van der Waals surface area contributed by atoms with E-state index in [0.717, 1.165) is 50.0 Å². The number of hydrogen-bond donors (Lipinski definition) is 0. The van der Waals surface area contributed by atoms with Crippen molar-refractivity contribution in [2.75, 3.05) is 0 Å². The molecule has 2 aromatic heterocycles. The van der Waals surface area contributed by atoms with E-state index in [1.165, 1.54) is 22.3 Å². The molecule has 2 heterocycles. The molecule has 232 valence electrons. The minimum absolute atomic E-state index is 0.121. The molecule has 4 nitrogen and oxygen atoms in total. The van der Waals surface area contributed by atoms with Crippen LogP contribution in [-0.4, -0.2) is 19.9 Å². The van der Waals surface area contributed by atoms with Crippen molar-refractivity contribution in [2.45, 2.75) is 19.3 Å². The predicted molar refractivity (Wildman–Crippen MR) is 200 cm³/mol. The Morgan fingerprint density at radius 3 is 1.55 bits per heavy atom. The summed E-state index contributed by atoms with van der Waals surface area (Å²) in [6.07, 6.45) is 0. The molecule has 6 aromatic carbocycles. The molecule has 0 spiro atoms. The summed E-state index contributed by atoms with van der Waals surface area (Å²) in [7, 11) is 0. The Kier molecular flexibility index (Phi) is 6.77. The molecular weight excluding hydrogens is 597 g/mol. The van der Waals surface area contributed by atoms with E-state index in [1.54, 1.807) is 0 Å². The Bertz CT molecular complexity index is 2450. The monoisotopic (exact) mass is 628 g/mol. The maximum absolute atomic E-state index is 5.27. The molecule has 0 fully saturated rings. The maximum Gasteiger partial charge on any atom is 0.164 e. The minimum Gasteiger partial charge on any atom is -0.248 e. The highest BCUT2D eigenvalue weighted by Gasteiger charge is 2.35. The average molecular weight is 629 g/mol. The van der Waals surface area contributed by atoms with Gasteiger partial charge in [0.25, 0.3) is 0 Å². The lowest BCUT2D eigenvalue weighted by molar-refractivity contribution is 0.661. The highest BCUT2D eigenvalue weighted by atomic mass is 15.0. The van der Waals surface area contributed by atoms with E-state index in [9.17, 15) is 0 Å². The van der Waals surface area contributed by atoms with Crippen molar-refractivity contribution >= 4 is 10.9 Å². The van der Waals surface area contributed by atoms with Crippen LogP contribution in [-0.2, 0) is 5.41 Å². The molecule has 0 saturated heterocycles. The summed E-state index contributed by atoms with van der Waals surface area (Å²) >= 11 is 0. The standard InChI is InChI=1S/C45H32N4/c1-45(2)38-24-13-12-23-34(38)36-28-41-37(26-39(36)45)35(27-40(46-41)29-15-6-3-7-16-29)32-21-14-22-33(25-32)44-48-42(30-17-8-4-9-18-30)47-43(49-44)31-19-10-5-11-20-31/h3-28H,1-2H3. The molecule has 8 aromatic rings. The molecule has 9 rings (SSSR count). The van der Waals surface area contributed by atoms with E-state index in [4.69, 9.17) is 19.9 Å². The third-order valence-electron chi connectivity index (χ3n) is 9.71. The second kappa shape index (κ2) is 11.5. The quantitative estimate of drug-likeness (QED) is 0.190. The van der Waals surface area contributed by atoms with Crippen molar-refractivity contribution in [1.29, 1.82) is 0 Å². The van der Waals surface area contributed by atoms with Crippen LogP contribution in [0.25, 0.3) is 78.6 Å². The van der Waals surface area contributed by atoms with Crippen LogP contribution in [0.3, 0.4) is 0 Å². The summed E-state index contributed by atoms with van der Waals surface area (Å²) in [5.74, 6) is 1.93. The van der Waals surface area contributed by atoms with Gasteiger partial charge >= 0.3 is 0 Å². The van der Waals surface area contributed by atoms with Crippen molar-refractivity contribution in [2.24, 2.45) is 0 Å². The second-order valence-electron chi connectivity index (χ2n) is 13.1. The van der Waals surface area contributed by atoms with Crippen molar-refractivity contribution in [1.82, 2.24) is 19.9 Å². The number of benzene rings is 6. The Labute approximate surface area is 285 Å². The summed E-state index contributed by atoms with van der Waals surface area (Å²) in [4.78, 5) is 20.2. The van der Waals surface area contributed by atoms with Crippen LogP contribution in [0.2, 0.25) is 0 Å². The van der Waals surface area contributed by atoms with Crippen molar-refractivity contribution < 1.29 is 0 Å². The van der Waals surface area contributed by atoms with Crippen molar-refractivity contribution in [3.63, 3.8) is 0 Å². The van der Waals surface area contributed by atoms with Gasteiger partial charge in [0, 0.05) is 33.1 Å². The van der Waals surface area contributed by atoms with E-state index in [0.29, 0.717) is 17.5 Å². The molecule has 49 heavy (non-hydrogen) atoms. The summed E-state index contributed by atoms with van der Waals surface area (Å²) in [6.45, 7) is 4.65. The van der Waals surface area contributed by atoms with E-state index in [-0.39, 0.29) is 5.41 Å². The fourth-order valence-electron chi connectivity index (χ4n) is 7.18. The van der Waals surface area contributed by atoms with Gasteiger partial charge in [-0.1, -0.05) is 147 Å². The van der Waals surface area contributed by atoms with Crippen LogP contribution < -0.4 is 0 Å². The first kappa shape index (κ1) is 28.9. The first-order valence-electron chi connectivity index (χ1n) is 16.7. The number of aromatic nitrogens is 4. The average Bonchev–Trinajstić information content (AvgIpc) is 3.39. The van der Waals surface area contributed by atoms with Gasteiger partial charge in [0.15, 0.2) is 17.5 Å². The third kappa shape index (κ3) is 5.01. The molecule has 4 heteroatoms. The van der Waals surface area contributed by atoms with Crippen LogP contribution in [0.1, 0.15) is 25.0 Å². The van der Waals surface area contributed by atoms with E-state index in [2.05, 4.69) is 105 Å². The van der Waals surface area contributed by atoms with Gasteiger partial charge in [0.2, 0.25) is 0 Å². The zero-order chi connectivity index (χ0) is 33.0. The molecule has 0 unspecified atom stereocenters. The third-order valence-corrected chi connectivity index (χ3v) is 9.71. The summed E-state index contributed by atoms with van der Waals surface area (Å²) in [5, 5.41) is 1.13. The lowest BCUT2D eigenvalue weighted by Crippen LogP contribution is -2.14. The summed E-state index contributed by atoms with van der Waals surface area (Å²) < 4.78 is 0. The molecule has 0 N–H and O–H groups in total. The number of hydrogen-bond acceptors (Lipinski definition) is 4. The predicted octanol–water partition coefficient (Wildman–Crippen LogP) is 11.1. The number of pyridine rings is 1. The molecule has 1 aliphatic rings. The SMILES string of the molecule is CC1(C)c2ccccc2-c2cc3nc(-c4ccccc4)cc(-c4cccc(-c5nc(-c6ccccc6)nc(-c6ccccc6)n5)c4)c3cc21. The van der Waals surface area contributed by atoms with Crippen LogP contribution in [0.15, 0.2) is 158 Å². The van der Waals surface area contributed by atoms with E-state index >= 15 is 0 Å². The first-order valence-corrected chi connectivity index (χ1v) is 16.7. The second-order valence-corrected chi connectivity index (χ2v) is 13.1. The topological polar surface area (TPSA) is 51.6 Å². The number of fused-ring (bicyclic) bond motifs is 4. The van der Waals surface area contributed by atoms with Gasteiger partial charge in [0.05, 0.1) is 11.2 Å². The van der Waals surface area contributed by atoms with E-state index in [1.807, 2.05) is 66.7 Å². The first-order chi connectivity index (χ1) is 24.0. The normalized spacial score (nSPS) is 12.9. The van der Waals surface area contributed by atoms with E-state index < -0.39 is 0 Å². The molecule has 0 amide bonds. The van der Waals surface area contributed by atoms with Gasteiger partial charge < -0.3 is 0 Å². The van der Waals surface area contributed by atoms with Crippen molar-refractivity contribution in [3.05, 3.63) is 169 Å². The smallest absolute Gasteiger partial charge is 0.164 e. The minimum atomic E-state index is -0.121. The maximum atomic E-state index is 5.27. The molecule has 0 bridgehead atoms.